The fourth-order valence-electron chi connectivity index (χ4n) is 2.17. The number of furan rings is 1. The van der Waals surface area contributed by atoms with Crippen LogP contribution in [0.5, 0.6) is 0 Å². The lowest BCUT2D eigenvalue weighted by atomic mass is 10.1. The Balaban J connectivity index is 2.38. The zero-order valence-electron chi connectivity index (χ0n) is 12.0. The molecular weight excluding hydrogens is 272 g/mol. The molecule has 2 rings (SSSR count). The molecule has 0 bridgehead atoms. The first kappa shape index (κ1) is 15.1. The lowest BCUT2D eigenvalue weighted by molar-refractivity contribution is -0.384. The Labute approximate surface area is 122 Å². The lowest BCUT2D eigenvalue weighted by Gasteiger charge is -2.22. The maximum Gasteiger partial charge on any atom is 0.292 e. The van der Waals surface area contributed by atoms with E-state index in [9.17, 15) is 15.2 Å². The van der Waals surface area contributed by atoms with Crippen LogP contribution in [0, 0.1) is 10.1 Å². The van der Waals surface area contributed by atoms with Crippen molar-refractivity contribution in [1.82, 2.24) is 0 Å². The zero-order chi connectivity index (χ0) is 15.4. The van der Waals surface area contributed by atoms with Gasteiger partial charge in [-0.05, 0) is 37.6 Å². The minimum absolute atomic E-state index is 0.0122. The molecule has 0 aliphatic heterocycles. The molecule has 0 aliphatic carbocycles. The first-order valence-electron chi connectivity index (χ1n) is 6.76. The fraction of sp³-hybridized carbons (Fsp3) is 0.333. The fourth-order valence-corrected chi connectivity index (χ4v) is 2.17. The van der Waals surface area contributed by atoms with Gasteiger partial charge in [0.1, 0.15) is 11.4 Å². The summed E-state index contributed by atoms with van der Waals surface area (Å²) in [5, 5.41) is 20.9. The molecule has 0 amide bonds. The quantitative estimate of drug-likeness (QED) is 0.652. The molecule has 0 spiro atoms. The highest BCUT2D eigenvalue weighted by molar-refractivity contribution is 5.64. The van der Waals surface area contributed by atoms with Crippen LogP contribution >= 0.6 is 0 Å². The van der Waals surface area contributed by atoms with Crippen LogP contribution in [-0.4, -0.2) is 16.6 Å². The van der Waals surface area contributed by atoms with Gasteiger partial charge in [0.2, 0.25) is 0 Å². The van der Waals surface area contributed by atoms with Gasteiger partial charge in [-0.1, -0.05) is 6.07 Å². The van der Waals surface area contributed by atoms with Crippen molar-refractivity contribution in [2.75, 3.05) is 11.4 Å². The van der Waals surface area contributed by atoms with E-state index in [0.29, 0.717) is 24.3 Å². The number of hydrogen-bond donors (Lipinski definition) is 1. The molecule has 1 heterocycles. The molecule has 6 heteroatoms. The standard InChI is InChI=1S/C15H18N2O4/c1-3-16(10-13-5-4-8-21-13)14-7-6-12(11(2)18)9-15(14)17(19)20/h4-9,11,18H,3,10H2,1-2H3/t11-/m0/s1. The predicted molar refractivity (Wildman–Crippen MR) is 79.2 cm³/mol. The molecule has 0 fully saturated rings. The van der Waals surface area contributed by atoms with E-state index in [0.717, 1.165) is 5.76 Å². The molecule has 0 saturated heterocycles. The molecule has 21 heavy (non-hydrogen) atoms. The Kier molecular flexibility index (Phi) is 4.59. The minimum atomic E-state index is -0.738. The van der Waals surface area contributed by atoms with Crippen molar-refractivity contribution in [2.24, 2.45) is 0 Å². The second-order valence-electron chi connectivity index (χ2n) is 4.77. The Hall–Kier alpha value is -2.34. The molecule has 6 nitrogen and oxygen atoms in total. The van der Waals surface area contributed by atoms with E-state index in [-0.39, 0.29) is 5.69 Å². The maximum atomic E-state index is 11.3. The first-order chi connectivity index (χ1) is 10.0. The molecular formula is C15H18N2O4. The maximum absolute atomic E-state index is 11.3. The number of rotatable bonds is 6. The van der Waals surface area contributed by atoms with Crippen LogP contribution in [0.2, 0.25) is 0 Å². The molecule has 1 atom stereocenters. The van der Waals surface area contributed by atoms with Gasteiger partial charge in [-0.2, -0.15) is 0 Å². The number of aliphatic hydroxyl groups excluding tert-OH is 1. The number of nitro groups is 1. The summed E-state index contributed by atoms with van der Waals surface area (Å²) in [5.41, 5.74) is 1.03. The number of aliphatic hydroxyl groups is 1. The van der Waals surface area contributed by atoms with Crippen molar-refractivity contribution in [3.8, 4) is 0 Å². The third-order valence-electron chi connectivity index (χ3n) is 3.33. The normalized spacial score (nSPS) is 12.1. The summed E-state index contributed by atoms with van der Waals surface area (Å²) in [6.07, 6.45) is 0.839. The number of hydrogen-bond acceptors (Lipinski definition) is 5. The Morgan fingerprint density at radius 2 is 2.19 bits per heavy atom. The van der Waals surface area contributed by atoms with E-state index >= 15 is 0 Å². The molecule has 1 aromatic carbocycles. The predicted octanol–water partition coefficient (Wildman–Crippen LogP) is 3.27. The first-order valence-corrected chi connectivity index (χ1v) is 6.76. The van der Waals surface area contributed by atoms with Gasteiger partial charge in [-0.15, -0.1) is 0 Å². The molecule has 112 valence electrons. The van der Waals surface area contributed by atoms with Crippen molar-refractivity contribution >= 4 is 11.4 Å². The summed E-state index contributed by atoms with van der Waals surface area (Å²) >= 11 is 0. The Bertz CT molecular complexity index is 608. The van der Waals surface area contributed by atoms with Gasteiger partial charge >= 0.3 is 0 Å². The van der Waals surface area contributed by atoms with Crippen molar-refractivity contribution in [3.05, 3.63) is 58.0 Å². The number of anilines is 1. The average molecular weight is 290 g/mol. The van der Waals surface area contributed by atoms with Crippen LogP contribution in [0.3, 0.4) is 0 Å². The van der Waals surface area contributed by atoms with Crippen molar-refractivity contribution in [2.45, 2.75) is 26.5 Å². The molecule has 0 aliphatic rings. The third kappa shape index (κ3) is 3.41. The SMILES string of the molecule is CCN(Cc1ccco1)c1ccc([C@H](C)O)cc1[N+](=O)[O-]. The van der Waals surface area contributed by atoms with E-state index in [1.54, 1.807) is 31.4 Å². The second kappa shape index (κ2) is 6.41. The second-order valence-corrected chi connectivity index (χ2v) is 4.77. The summed E-state index contributed by atoms with van der Waals surface area (Å²) in [4.78, 5) is 12.7. The van der Waals surface area contributed by atoms with E-state index in [1.165, 1.54) is 6.07 Å². The zero-order valence-corrected chi connectivity index (χ0v) is 12.0. The summed E-state index contributed by atoms with van der Waals surface area (Å²) in [7, 11) is 0. The van der Waals surface area contributed by atoms with Crippen LogP contribution in [0.15, 0.2) is 41.0 Å². The van der Waals surface area contributed by atoms with Gasteiger partial charge in [0.05, 0.1) is 23.8 Å². The number of nitrogens with zero attached hydrogens (tertiary/aromatic N) is 2. The average Bonchev–Trinajstić information content (AvgIpc) is 2.97. The molecule has 2 aromatic rings. The van der Waals surface area contributed by atoms with Gasteiger partial charge in [-0.25, -0.2) is 0 Å². The summed E-state index contributed by atoms with van der Waals surface area (Å²) < 4.78 is 5.30. The van der Waals surface area contributed by atoms with Gasteiger partial charge < -0.3 is 14.4 Å². The van der Waals surface area contributed by atoms with Crippen LogP contribution in [0.25, 0.3) is 0 Å². The van der Waals surface area contributed by atoms with Gasteiger partial charge in [-0.3, -0.25) is 10.1 Å². The van der Waals surface area contributed by atoms with Gasteiger partial charge in [0.25, 0.3) is 5.69 Å². The smallest absolute Gasteiger partial charge is 0.292 e. The van der Waals surface area contributed by atoms with Gasteiger partial charge in [0, 0.05) is 12.6 Å². The van der Waals surface area contributed by atoms with E-state index in [1.807, 2.05) is 17.9 Å². The van der Waals surface area contributed by atoms with Crippen LogP contribution in [0.1, 0.15) is 31.3 Å². The number of benzene rings is 1. The van der Waals surface area contributed by atoms with Crippen molar-refractivity contribution < 1.29 is 14.4 Å². The Morgan fingerprint density at radius 1 is 1.43 bits per heavy atom. The Morgan fingerprint density at radius 3 is 2.71 bits per heavy atom. The van der Waals surface area contributed by atoms with Crippen LogP contribution in [-0.2, 0) is 6.54 Å². The molecule has 0 radical (unpaired) electrons. The van der Waals surface area contributed by atoms with Crippen LogP contribution in [0.4, 0.5) is 11.4 Å². The minimum Gasteiger partial charge on any atom is -0.467 e. The highest BCUT2D eigenvalue weighted by Crippen LogP contribution is 2.32. The largest absolute Gasteiger partial charge is 0.467 e. The summed E-state index contributed by atoms with van der Waals surface area (Å²) in [6, 6.07) is 8.42. The molecule has 0 unspecified atom stereocenters. The van der Waals surface area contributed by atoms with E-state index in [2.05, 4.69) is 0 Å². The van der Waals surface area contributed by atoms with E-state index in [4.69, 9.17) is 4.42 Å². The lowest BCUT2D eigenvalue weighted by Crippen LogP contribution is -2.22. The topological polar surface area (TPSA) is 79.8 Å². The highest BCUT2D eigenvalue weighted by Gasteiger charge is 2.21. The third-order valence-corrected chi connectivity index (χ3v) is 3.33. The molecule has 1 N–H and O–H groups in total. The van der Waals surface area contributed by atoms with Gasteiger partial charge in [0.15, 0.2) is 0 Å². The molecule has 0 saturated carbocycles. The van der Waals surface area contributed by atoms with Crippen molar-refractivity contribution in [1.29, 1.82) is 0 Å². The number of nitro benzene ring substituents is 1. The van der Waals surface area contributed by atoms with E-state index < -0.39 is 11.0 Å². The summed E-state index contributed by atoms with van der Waals surface area (Å²) in [6.45, 7) is 4.57. The van der Waals surface area contributed by atoms with Crippen LogP contribution < -0.4 is 4.90 Å². The molecule has 1 aromatic heterocycles. The van der Waals surface area contributed by atoms with Crippen molar-refractivity contribution in [3.63, 3.8) is 0 Å². The summed E-state index contributed by atoms with van der Waals surface area (Å²) in [5.74, 6) is 0.741. The monoisotopic (exact) mass is 290 g/mol. The highest BCUT2D eigenvalue weighted by atomic mass is 16.6.